The van der Waals surface area contributed by atoms with Crippen molar-refractivity contribution in [3.63, 3.8) is 0 Å². The van der Waals surface area contributed by atoms with E-state index in [1.165, 1.54) is 5.56 Å². The van der Waals surface area contributed by atoms with E-state index >= 15 is 0 Å². The van der Waals surface area contributed by atoms with Crippen LogP contribution >= 0.6 is 0 Å². The summed E-state index contributed by atoms with van der Waals surface area (Å²) in [5.41, 5.74) is 1.28. The first-order chi connectivity index (χ1) is 10.2. The Morgan fingerprint density at radius 2 is 1.90 bits per heavy atom. The molecule has 0 amide bonds. The number of rotatable bonds is 7. The Morgan fingerprint density at radius 3 is 2.48 bits per heavy atom. The highest BCUT2D eigenvalue weighted by molar-refractivity contribution is 5.66. The molecule has 116 valence electrons. The predicted octanol–water partition coefficient (Wildman–Crippen LogP) is 1.47. The molecule has 1 N–H and O–H groups in total. The Bertz CT molecular complexity index is 430. The molecule has 0 bridgehead atoms. The minimum atomic E-state index is -0.723. The number of hydrogen-bond acceptors (Lipinski definition) is 4. The van der Waals surface area contributed by atoms with Crippen molar-refractivity contribution in [1.29, 1.82) is 0 Å². The van der Waals surface area contributed by atoms with Crippen molar-refractivity contribution >= 4 is 5.97 Å². The summed E-state index contributed by atoms with van der Waals surface area (Å²) in [6.45, 7) is 5.05. The van der Waals surface area contributed by atoms with Crippen LogP contribution in [-0.4, -0.2) is 67.3 Å². The molecule has 1 heterocycles. The molecule has 1 unspecified atom stereocenters. The first kappa shape index (κ1) is 15.9. The maximum Gasteiger partial charge on any atom is 0.304 e. The van der Waals surface area contributed by atoms with Crippen molar-refractivity contribution in [1.82, 2.24) is 9.80 Å². The summed E-state index contributed by atoms with van der Waals surface area (Å²) in [4.78, 5) is 15.3. The Hall–Kier alpha value is -1.43. The lowest BCUT2D eigenvalue weighted by molar-refractivity contribution is -0.137. The highest BCUT2D eigenvalue weighted by atomic mass is 16.5. The first-order valence-corrected chi connectivity index (χ1v) is 7.43. The van der Waals surface area contributed by atoms with E-state index < -0.39 is 5.97 Å². The van der Waals surface area contributed by atoms with Crippen LogP contribution in [0.5, 0.6) is 0 Å². The van der Waals surface area contributed by atoms with Crippen LogP contribution in [0.4, 0.5) is 0 Å². The van der Waals surface area contributed by atoms with Crippen molar-refractivity contribution < 1.29 is 14.6 Å². The largest absolute Gasteiger partial charge is 0.481 e. The van der Waals surface area contributed by atoms with Crippen molar-refractivity contribution in [3.8, 4) is 0 Å². The summed E-state index contributed by atoms with van der Waals surface area (Å²) in [6.07, 6.45) is 0.222. The van der Waals surface area contributed by atoms with Crippen LogP contribution in [0.1, 0.15) is 18.0 Å². The lowest BCUT2D eigenvalue weighted by Crippen LogP contribution is -2.48. The summed E-state index contributed by atoms with van der Waals surface area (Å²) >= 11 is 0. The van der Waals surface area contributed by atoms with Gasteiger partial charge in [0.1, 0.15) is 0 Å². The monoisotopic (exact) mass is 292 g/mol. The third kappa shape index (κ3) is 4.81. The molecule has 1 aromatic rings. The Balaban J connectivity index is 1.90. The molecule has 2 rings (SSSR count). The second-order valence-corrected chi connectivity index (χ2v) is 5.40. The predicted molar refractivity (Wildman–Crippen MR) is 81.3 cm³/mol. The number of piperazine rings is 1. The SMILES string of the molecule is COCC(c1ccccc1)N1CCN(CCC(=O)O)CC1. The van der Waals surface area contributed by atoms with Gasteiger partial charge in [-0.2, -0.15) is 0 Å². The number of aliphatic carboxylic acids is 1. The molecule has 1 fully saturated rings. The van der Waals surface area contributed by atoms with E-state index in [9.17, 15) is 4.79 Å². The van der Waals surface area contributed by atoms with Crippen LogP contribution in [0, 0.1) is 0 Å². The number of carbonyl (C=O) groups is 1. The van der Waals surface area contributed by atoms with Gasteiger partial charge in [-0.05, 0) is 5.56 Å². The van der Waals surface area contributed by atoms with Crippen molar-refractivity contribution in [2.75, 3.05) is 46.4 Å². The van der Waals surface area contributed by atoms with Gasteiger partial charge in [-0.15, -0.1) is 0 Å². The molecular weight excluding hydrogens is 268 g/mol. The molecule has 0 radical (unpaired) electrons. The lowest BCUT2D eigenvalue weighted by atomic mass is 10.1. The molecule has 0 aliphatic carbocycles. The van der Waals surface area contributed by atoms with Gasteiger partial charge in [-0.3, -0.25) is 9.69 Å². The summed E-state index contributed by atoms with van der Waals surface area (Å²) in [5.74, 6) is -0.723. The number of hydrogen-bond donors (Lipinski definition) is 1. The fourth-order valence-electron chi connectivity index (χ4n) is 2.80. The van der Waals surface area contributed by atoms with E-state index in [0.717, 1.165) is 26.2 Å². The van der Waals surface area contributed by atoms with Gasteiger partial charge < -0.3 is 14.7 Å². The van der Waals surface area contributed by atoms with E-state index in [1.54, 1.807) is 7.11 Å². The quantitative estimate of drug-likeness (QED) is 0.825. The maximum absolute atomic E-state index is 10.6. The number of nitrogens with zero attached hydrogens (tertiary/aromatic N) is 2. The normalized spacial score (nSPS) is 18.5. The molecule has 0 spiro atoms. The molecular formula is C16H24N2O3. The lowest BCUT2D eigenvalue weighted by Gasteiger charge is -2.39. The molecule has 5 heteroatoms. The van der Waals surface area contributed by atoms with Gasteiger partial charge in [0, 0.05) is 39.8 Å². The molecule has 0 saturated carbocycles. The summed E-state index contributed by atoms with van der Waals surface area (Å²) in [7, 11) is 1.74. The zero-order valence-corrected chi connectivity index (χ0v) is 12.6. The Kier molecular flexibility index (Phi) is 6.17. The maximum atomic E-state index is 10.6. The van der Waals surface area contributed by atoms with Crippen LogP contribution in [0.2, 0.25) is 0 Å². The van der Waals surface area contributed by atoms with Crippen LogP contribution in [0.3, 0.4) is 0 Å². The summed E-state index contributed by atoms with van der Waals surface area (Å²) < 4.78 is 5.38. The Morgan fingerprint density at radius 1 is 1.24 bits per heavy atom. The van der Waals surface area contributed by atoms with E-state index in [1.807, 2.05) is 6.07 Å². The number of benzene rings is 1. The van der Waals surface area contributed by atoms with E-state index in [2.05, 4.69) is 34.1 Å². The smallest absolute Gasteiger partial charge is 0.304 e. The van der Waals surface area contributed by atoms with Gasteiger partial charge in [-0.1, -0.05) is 30.3 Å². The third-order valence-electron chi connectivity index (χ3n) is 4.00. The third-order valence-corrected chi connectivity index (χ3v) is 4.00. The second-order valence-electron chi connectivity index (χ2n) is 5.40. The topological polar surface area (TPSA) is 53.0 Å². The van der Waals surface area contributed by atoms with Crippen molar-refractivity contribution in [2.24, 2.45) is 0 Å². The minimum absolute atomic E-state index is 0.222. The fraction of sp³-hybridized carbons (Fsp3) is 0.562. The standard InChI is InChI=1S/C16H24N2O3/c1-21-13-15(14-5-3-2-4-6-14)18-11-9-17(10-12-18)8-7-16(19)20/h2-6,15H,7-13H2,1H3,(H,19,20). The number of carboxylic acids is 1. The number of ether oxygens (including phenoxy) is 1. The molecule has 1 aliphatic rings. The van der Waals surface area contributed by atoms with E-state index in [0.29, 0.717) is 13.2 Å². The average molecular weight is 292 g/mol. The van der Waals surface area contributed by atoms with Gasteiger partial charge >= 0.3 is 5.97 Å². The van der Waals surface area contributed by atoms with Crippen LogP contribution in [0.15, 0.2) is 30.3 Å². The van der Waals surface area contributed by atoms with Crippen LogP contribution < -0.4 is 0 Å². The second kappa shape index (κ2) is 8.12. The molecule has 5 nitrogen and oxygen atoms in total. The van der Waals surface area contributed by atoms with Crippen molar-refractivity contribution in [2.45, 2.75) is 12.5 Å². The Labute approximate surface area is 126 Å². The molecule has 21 heavy (non-hydrogen) atoms. The average Bonchev–Trinajstić information content (AvgIpc) is 2.52. The fourth-order valence-corrected chi connectivity index (χ4v) is 2.80. The van der Waals surface area contributed by atoms with Gasteiger partial charge in [0.05, 0.1) is 19.1 Å². The van der Waals surface area contributed by atoms with Gasteiger partial charge in [0.25, 0.3) is 0 Å². The number of methoxy groups -OCH3 is 1. The minimum Gasteiger partial charge on any atom is -0.481 e. The zero-order chi connectivity index (χ0) is 15.1. The molecule has 1 saturated heterocycles. The van der Waals surface area contributed by atoms with Crippen LogP contribution in [0.25, 0.3) is 0 Å². The van der Waals surface area contributed by atoms with Gasteiger partial charge in [-0.25, -0.2) is 0 Å². The summed E-state index contributed by atoms with van der Waals surface area (Å²) in [6, 6.07) is 10.7. The summed E-state index contributed by atoms with van der Waals surface area (Å²) in [5, 5.41) is 8.75. The van der Waals surface area contributed by atoms with Crippen molar-refractivity contribution in [3.05, 3.63) is 35.9 Å². The molecule has 0 aromatic heterocycles. The van der Waals surface area contributed by atoms with Crippen LogP contribution in [-0.2, 0) is 9.53 Å². The number of carboxylic acid groups (broad SMARTS) is 1. The molecule has 1 aliphatic heterocycles. The van der Waals surface area contributed by atoms with Gasteiger partial charge in [0.15, 0.2) is 0 Å². The highest BCUT2D eigenvalue weighted by Crippen LogP contribution is 2.22. The van der Waals surface area contributed by atoms with Gasteiger partial charge in [0.2, 0.25) is 0 Å². The van der Waals surface area contributed by atoms with E-state index in [4.69, 9.17) is 9.84 Å². The first-order valence-electron chi connectivity index (χ1n) is 7.43. The highest BCUT2D eigenvalue weighted by Gasteiger charge is 2.24. The zero-order valence-electron chi connectivity index (χ0n) is 12.6. The molecule has 1 atom stereocenters. The molecule has 1 aromatic carbocycles. The van der Waals surface area contributed by atoms with E-state index in [-0.39, 0.29) is 12.5 Å².